The number of hydrogen-bond donors (Lipinski definition) is 1. The molecule has 1 aromatic rings. The molecule has 3 rings (SSSR count). The maximum Gasteiger partial charge on any atom is 0.0672 e. The van der Waals surface area contributed by atoms with E-state index >= 15 is 0 Å². The molecule has 0 aromatic carbocycles. The minimum Gasteiger partial charge on any atom is -0.307 e. The summed E-state index contributed by atoms with van der Waals surface area (Å²) in [6, 6.07) is 1.07. The van der Waals surface area contributed by atoms with Crippen molar-refractivity contribution in [3.8, 4) is 0 Å². The quantitative estimate of drug-likeness (QED) is 0.892. The number of rotatable bonds is 5. The van der Waals surface area contributed by atoms with E-state index in [1.165, 1.54) is 63.2 Å². The largest absolute Gasteiger partial charge is 0.307 e. The van der Waals surface area contributed by atoms with Crippen LogP contribution in [0.4, 0.5) is 0 Å². The molecule has 1 fully saturated rings. The van der Waals surface area contributed by atoms with Crippen LogP contribution in [0, 0.1) is 0 Å². The molecule has 2 aliphatic rings. The molecule has 1 aromatic heterocycles. The van der Waals surface area contributed by atoms with Crippen molar-refractivity contribution < 1.29 is 0 Å². The second-order valence-electron chi connectivity index (χ2n) is 7.15. The zero-order valence-corrected chi connectivity index (χ0v) is 14.4. The predicted molar refractivity (Wildman–Crippen MR) is 90.0 cm³/mol. The number of piperazine rings is 1. The van der Waals surface area contributed by atoms with Gasteiger partial charge in [-0.1, -0.05) is 0 Å². The maximum atomic E-state index is 4.60. The van der Waals surface area contributed by atoms with Crippen molar-refractivity contribution >= 4 is 0 Å². The Morgan fingerprint density at radius 1 is 1.27 bits per heavy atom. The van der Waals surface area contributed by atoms with E-state index < -0.39 is 0 Å². The molecule has 1 aliphatic carbocycles. The SMILES string of the molecule is CC(CCN1CCN(C)CC1)NC1CCCc2nn(C)cc21. The molecule has 0 spiro atoms. The monoisotopic (exact) mass is 305 g/mol. The predicted octanol–water partition coefficient (Wildman–Crippen LogP) is 1.41. The molecular weight excluding hydrogens is 274 g/mol. The van der Waals surface area contributed by atoms with E-state index in [0.29, 0.717) is 12.1 Å². The van der Waals surface area contributed by atoms with Crippen molar-refractivity contribution in [1.29, 1.82) is 0 Å². The fourth-order valence-corrected chi connectivity index (χ4v) is 3.71. The van der Waals surface area contributed by atoms with Gasteiger partial charge in [0.15, 0.2) is 0 Å². The number of aryl methyl sites for hydroxylation is 2. The Kier molecular flexibility index (Phi) is 5.16. The maximum absolute atomic E-state index is 4.60. The number of aromatic nitrogens is 2. The van der Waals surface area contributed by atoms with Gasteiger partial charge in [-0.2, -0.15) is 5.10 Å². The van der Waals surface area contributed by atoms with Crippen molar-refractivity contribution in [2.45, 2.75) is 44.7 Å². The van der Waals surface area contributed by atoms with Gasteiger partial charge in [0, 0.05) is 57.1 Å². The third kappa shape index (κ3) is 3.89. The number of hydrogen-bond acceptors (Lipinski definition) is 4. The number of likely N-dealkylation sites (N-methyl/N-ethyl adjacent to an activating group) is 1. The zero-order chi connectivity index (χ0) is 15.5. The minimum absolute atomic E-state index is 0.500. The van der Waals surface area contributed by atoms with Crippen LogP contribution in [0.5, 0.6) is 0 Å². The molecule has 22 heavy (non-hydrogen) atoms. The Balaban J connectivity index is 1.47. The lowest BCUT2D eigenvalue weighted by Gasteiger charge is -2.33. The van der Waals surface area contributed by atoms with Crippen LogP contribution in [0.15, 0.2) is 6.20 Å². The van der Waals surface area contributed by atoms with Gasteiger partial charge in [-0.3, -0.25) is 4.68 Å². The first-order valence-electron chi connectivity index (χ1n) is 8.81. The van der Waals surface area contributed by atoms with Gasteiger partial charge in [-0.05, 0) is 46.2 Å². The van der Waals surface area contributed by atoms with Crippen molar-refractivity contribution in [3.05, 3.63) is 17.5 Å². The van der Waals surface area contributed by atoms with Crippen LogP contribution >= 0.6 is 0 Å². The number of fused-ring (bicyclic) bond motifs is 1. The zero-order valence-electron chi connectivity index (χ0n) is 14.4. The molecule has 1 N–H and O–H groups in total. The molecule has 2 heterocycles. The van der Waals surface area contributed by atoms with Crippen molar-refractivity contribution in [1.82, 2.24) is 24.9 Å². The standard InChI is InChI=1S/C17H31N5/c1-14(7-8-22-11-9-20(2)10-12-22)18-16-5-4-6-17-15(16)13-21(3)19-17/h13-14,16,18H,4-12H2,1-3H3. The molecule has 0 saturated carbocycles. The number of nitrogens with zero attached hydrogens (tertiary/aromatic N) is 4. The lowest BCUT2D eigenvalue weighted by atomic mass is 9.92. The smallest absolute Gasteiger partial charge is 0.0672 e. The summed E-state index contributed by atoms with van der Waals surface area (Å²) in [6.07, 6.45) is 7.09. The molecule has 0 bridgehead atoms. The molecule has 124 valence electrons. The molecule has 0 amide bonds. The van der Waals surface area contributed by atoms with E-state index in [-0.39, 0.29) is 0 Å². The molecule has 2 atom stereocenters. The van der Waals surface area contributed by atoms with Crippen LogP contribution in [0.25, 0.3) is 0 Å². The van der Waals surface area contributed by atoms with Crippen LogP contribution < -0.4 is 5.32 Å². The van der Waals surface area contributed by atoms with Crippen molar-refractivity contribution in [2.75, 3.05) is 39.8 Å². The van der Waals surface area contributed by atoms with Gasteiger partial charge in [0.25, 0.3) is 0 Å². The van der Waals surface area contributed by atoms with E-state index in [1.807, 2.05) is 11.7 Å². The summed E-state index contributed by atoms with van der Waals surface area (Å²) in [5, 5.41) is 8.45. The van der Waals surface area contributed by atoms with Crippen LogP contribution in [0.2, 0.25) is 0 Å². The van der Waals surface area contributed by atoms with E-state index in [0.717, 1.165) is 6.42 Å². The summed E-state index contributed by atoms with van der Waals surface area (Å²) in [7, 11) is 4.25. The summed E-state index contributed by atoms with van der Waals surface area (Å²) >= 11 is 0. The Hall–Kier alpha value is -0.910. The van der Waals surface area contributed by atoms with Gasteiger partial charge < -0.3 is 15.1 Å². The van der Waals surface area contributed by atoms with E-state index in [2.05, 4.69) is 40.4 Å². The van der Waals surface area contributed by atoms with E-state index in [1.54, 1.807) is 0 Å². The first-order chi connectivity index (χ1) is 10.6. The minimum atomic E-state index is 0.500. The molecular formula is C17H31N5. The Labute approximate surface area is 134 Å². The Morgan fingerprint density at radius 3 is 2.82 bits per heavy atom. The van der Waals surface area contributed by atoms with Crippen LogP contribution in [-0.2, 0) is 13.5 Å². The van der Waals surface area contributed by atoms with Crippen LogP contribution in [0.1, 0.15) is 43.5 Å². The fourth-order valence-electron chi connectivity index (χ4n) is 3.71. The lowest BCUT2D eigenvalue weighted by molar-refractivity contribution is 0.148. The average Bonchev–Trinajstić information content (AvgIpc) is 2.88. The fraction of sp³-hybridized carbons (Fsp3) is 0.824. The molecule has 5 nitrogen and oxygen atoms in total. The van der Waals surface area contributed by atoms with Gasteiger partial charge >= 0.3 is 0 Å². The third-order valence-electron chi connectivity index (χ3n) is 5.18. The second-order valence-corrected chi connectivity index (χ2v) is 7.15. The molecule has 1 aliphatic heterocycles. The first-order valence-corrected chi connectivity index (χ1v) is 8.81. The van der Waals surface area contributed by atoms with E-state index in [4.69, 9.17) is 0 Å². The van der Waals surface area contributed by atoms with Gasteiger partial charge in [0.05, 0.1) is 5.69 Å². The van der Waals surface area contributed by atoms with Gasteiger partial charge in [0.1, 0.15) is 0 Å². The lowest BCUT2D eigenvalue weighted by Crippen LogP contribution is -2.45. The van der Waals surface area contributed by atoms with Crippen LogP contribution in [0.3, 0.4) is 0 Å². The third-order valence-corrected chi connectivity index (χ3v) is 5.18. The summed E-state index contributed by atoms with van der Waals surface area (Å²) in [5.41, 5.74) is 2.73. The Bertz CT molecular complexity index is 475. The van der Waals surface area contributed by atoms with Crippen molar-refractivity contribution in [3.63, 3.8) is 0 Å². The van der Waals surface area contributed by atoms with Crippen LogP contribution in [-0.4, -0.2) is 65.4 Å². The Morgan fingerprint density at radius 2 is 2.05 bits per heavy atom. The second kappa shape index (κ2) is 7.11. The molecule has 2 unspecified atom stereocenters. The highest BCUT2D eigenvalue weighted by Crippen LogP contribution is 2.29. The van der Waals surface area contributed by atoms with E-state index in [9.17, 15) is 0 Å². The highest BCUT2D eigenvalue weighted by Gasteiger charge is 2.24. The van der Waals surface area contributed by atoms with Gasteiger partial charge in [0.2, 0.25) is 0 Å². The summed E-state index contributed by atoms with van der Waals surface area (Å²) in [6.45, 7) is 8.42. The topological polar surface area (TPSA) is 36.3 Å². The van der Waals surface area contributed by atoms with Crippen molar-refractivity contribution in [2.24, 2.45) is 7.05 Å². The number of nitrogens with one attached hydrogen (secondary N) is 1. The molecule has 1 saturated heterocycles. The average molecular weight is 305 g/mol. The van der Waals surface area contributed by atoms with Gasteiger partial charge in [-0.15, -0.1) is 0 Å². The highest BCUT2D eigenvalue weighted by atomic mass is 15.3. The summed E-state index contributed by atoms with van der Waals surface area (Å²) in [5.74, 6) is 0. The highest BCUT2D eigenvalue weighted by molar-refractivity contribution is 5.24. The first kappa shape index (κ1) is 16.0. The summed E-state index contributed by atoms with van der Waals surface area (Å²) in [4.78, 5) is 5.03. The van der Waals surface area contributed by atoms with Gasteiger partial charge in [-0.25, -0.2) is 0 Å². The normalized spacial score (nSPS) is 25.1. The molecule has 5 heteroatoms. The summed E-state index contributed by atoms with van der Waals surface area (Å²) < 4.78 is 1.97. The molecule has 0 radical (unpaired) electrons.